The molecule has 0 bridgehead atoms. The largest absolute Gasteiger partial charge is 0.383 e. The van der Waals surface area contributed by atoms with E-state index in [2.05, 4.69) is 21.1 Å². The summed E-state index contributed by atoms with van der Waals surface area (Å²) in [7, 11) is 1.87. The molecule has 0 unspecified atom stereocenters. The van der Waals surface area contributed by atoms with E-state index < -0.39 is 0 Å². The lowest BCUT2D eigenvalue weighted by molar-refractivity contribution is 0.685. The minimum absolute atomic E-state index is 0.577. The van der Waals surface area contributed by atoms with Crippen molar-refractivity contribution < 1.29 is 0 Å². The van der Waals surface area contributed by atoms with Crippen molar-refractivity contribution in [3.05, 3.63) is 42.2 Å². The number of nitrogens with zero attached hydrogens (tertiary/aromatic N) is 4. The van der Waals surface area contributed by atoms with Gasteiger partial charge < -0.3 is 5.73 Å². The number of aryl methyl sites for hydroxylation is 1. The number of rotatable bonds is 3. The monoisotopic (exact) mass is 271 g/mol. The van der Waals surface area contributed by atoms with Gasteiger partial charge >= 0.3 is 0 Å². The van der Waals surface area contributed by atoms with Crippen molar-refractivity contribution in [3.8, 4) is 0 Å². The Kier molecular flexibility index (Phi) is 3.08. The summed E-state index contributed by atoms with van der Waals surface area (Å²) in [6.45, 7) is 0. The SMILES string of the molecule is Cn1ncnc1SCc1cc2ccccc2nc1N. The van der Waals surface area contributed by atoms with E-state index in [-0.39, 0.29) is 0 Å². The number of aromatic nitrogens is 4. The number of para-hydroxylation sites is 1. The molecule has 2 heterocycles. The van der Waals surface area contributed by atoms with Gasteiger partial charge in [0.25, 0.3) is 0 Å². The van der Waals surface area contributed by atoms with Crippen LogP contribution in [0.2, 0.25) is 0 Å². The van der Waals surface area contributed by atoms with Gasteiger partial charge in [-0.3, -0.25) is 0 Å². The lowest BCUT2D eigenvalue weighted by Gasteiger charge is -2.06. The summed E-state index contributed by atoms with van der Waals surface area (Å²) in [5.41, 5.74) is 7.94. The molecular weight excluding hydrogens is 258 g/mol. The Morgan fingerprint density at radius 1 is 1.32 bits per heavy atom. The van der Waals surface area contributed by atoms with Gasteiger partial charge in [0.15, 0.2) is 5.16 Å². The highest BCUT2D eigenvalue weighted by Crippen LogP contribution is 2.25. The molecule has 0 radical (unpaired) electrons. The molecule has 96 valence electrons. The van der Waals surface area contributed by atoms with E-state index in [1.807, 2.05) is 31.3 Å². The van der Waals surface area contributed by atoms with Crippen LogP contribution in [0.5, 0.6) is 0 Å². The van der Waals surface area contributed by atoms with E-state index in [0.29, 0.717) is 5.82 Å². The second-order valence-electron chi connectivity index (χ2n) is 4.18. The van der Waals surface area contributed by atoms with Gasteiger partial charge in [-0.15, -0.1) is 0 Å². The molecule has 0 amide bonds. The molecule has 5 nitrogen and oxygen atoms in total. The first-order valence-corrected chi connectivity index (χ1v) is 6.83. The van der Waals surface area contributed by atoms with E-state index in [1.54, 1.807) is 22.8 Å². The second-order valence-corrected chi connectivity index (χ2v) is 5.12. The summed E-state index contributed by atoms with van der Waals surface area (Å²) in [4.78, 5) is 8.60. The number of anilines is 1. The maximum atomic E-state index is 6.00. The van der Waals surface area contributed by atoms with Crippen LogP contribution in [-0.2, 0) is 12.8 Å². The number of thioether (sulfide) groups is 1. The van der Waals surface area contributed by atoms with E-state index in [0.717, 1.165) is 27.4 Å². The quantitative estimate of drug-likeness (QED) is 0.740. The number of nitrogen functional groups attached to an aromatic ring is 1. The molecule has 2 N–H and O–H groups in total. The van der Waals surface area contributed by atoms with Crippen LogP contribution < -0.4 is 5.73 Å². The summed E-state index contributed by atoms with van der Waals surface area (Å²) in [6.07, 6.45) is 1.55. The number of pyridine rings is 1. The number of benzene rings is 1. The van der Waals surface area contributed by atoms with Gasteiger partial charge in [0.05, 0.1) is 5.52 Å². The highest BCUT2D eigenvalue weighted by Gasteiger charge is 2.07. The zero-order valence-corrected chi connectivity index (χ0v) is 11.3. The summed E-state index contributed by atoms with van der Waals surface area (Å²) < 4.78 is 1.75. The van der Waals surface area contributed by atoms with Crippen molar-refractivity contribution in [1.82, 2.24) is 19.7 Å². The van der Waals surface area contributed by atoms with Crippen molar-refractivity contribution in [2.45, 2.75) is 10.9 Å². The lowest BCUT2D eigenvalue weighted by Crippen LogP contribution is -1.98. The average Bonchev–Trinajstić information content (AvgIpc) is 2.82. The Hall–Kier alpha value is -2.08. The van der Waals surface area contributed by atoms with Crippen LogP contribution in [0, 0.1) is 0 Å². The molecular formula is C13H13N5S. The molecule has 0 aliphatic rings. The molecule has 0 aliphatic carbocycles. The Balaban J connectivity index is 1.88. The molecule has 0 atom stereocenters. The predicted octanol–water partition coefficient (Wildman–Crippen LogP) is 2.24. The van der Waals surface area contributed by atoms with Crippen molar-refractivity contribution in [1.29, 1.82) is 0 Å². The van der Waals surface area contributed by atoms with Crippen molar-refractivity contribution in [3.63, 3.8) is 0 Å². The van der Waals surface area contributed by atoms with Gasteiger partial charge in [-0.25, -0.2) is 14.6 Å². The fourth-order valence-electron chi connectivity index (χ4n) is 1.85. The third-order valence-electron chi connectivity index (χ3n) is 2.86. The van der Waals surface area contributed by atoms with Gasteiger partial charge in [-0.1, -0.05) is 30.0 Å². The summed E-state index contributed by atoms with van der Waals surface area (Å²) in [6, 6.07) is 10.0. The topological polar surface area (TPSA) is 69.6 Å². The van der Waals surface area contributed by atoms with Gasteiger partial charge in [0, 0.05) is 23.8 Å². The van der Waals surface area contributed by atoms with Crippen LogP contribution in [0.3, 0.4) is 0 Å². The van der Waals surface area contributed by atoms with Gasteiger partial charge in [-0.2, -0.15) is 5.10 Å². The zero-order chi connectivity index (χ0) is 13.2. The van der Waals surface area contributed by atoms with Crippen molar-refractivity contribution in [2.24, 2.45) is 7.05 Å². The Bertz CT molecular complexity index is 722. The Morgan fingerprint density at radius 2 is 2.16 bits per heavy atom. The maximum absolute atomic E-state index is 6.00. The average molecular weight is 271 g/mol. The van der Waals surface area contributed by atoms with Crippen LogP contribution in [-0.4, -0.2) is 19.7 Å². The normalized spacial score (nSPS) is 11.0. The summed E-state index contributed by atoms with van der Waals surface area (Å²) in [5.74, 6) is 1.31. The third kappa shape index (κ3) is 2.39. The number of hydrogen-bond donors (Lipinski definition) is 1. The molecule has 19 heavy (non-hydrogen) atoms. The van der Waals surface area contributed by atoms with Crippen LogP contribution in [0.1, 0.15) is 5.56 Å². The van der Waals surface area contributed by atoms with E-state index in [1.165, 1.54) is 0 Å². The molecule has 3 aromatic rings. The van der Waals surface area contributed by atoms with Crippen LogP contribution in [0.15, 0.2) is 41.8 Å². The fraction of sp³-hybridized carbons (Fsp3) is 0.154. The molecule has 0 saturated carbocycles. The predicted molar refractivity (Wildman–Crippen MR) is 76.7 cm³/mol. The van der Waals surface area contributed by atoms with E-state index in [9.17, 15) is 0 Å². The second kappa shape index (κ2) is 4.89. The van der Waals surface area contributed by atoms with Crippen molar-refractivity contribution in [2.75, 3.05) is 5.73 Å². The standard InChI is InChI=1S/C13H13N5S/c1-18-13(15-8-16-18)19-7-10-6-9-4-2-3-5-11(9)17-12(10)14/h2-6,8H,7H2,1H3,(H2,14,17). The Labute approximate surface area is 114 Å². The molecule has 2 aromatic heterocycles. The molecule has 0 fully saturated rings. The molecule has 0 saturated heterocycles. The summed E-state index contributed by atoms with van der Waals surface area (Å²) in [5, 5.41) is 6.01. The third-order valence-corrected chi connectivity index (χ3v) is 3.95. The Morgan fingerprint density at radius 3 is 2.95 bits per heavy atom. The lowest BCUT2D eigenvalue weighted by atomic mass is 10.1. The number of nitrogens with two attached hydrogens (primary N) is 1. The van der Waals surface area contributed by atoms with Crippen LogP contribution >= 0.6 is 11.8 Å². The van der Waals surface area contributed by atoms with Crippen molar-refractivity contribution >= 4 is 28.5 Å². The zero-order valence-electron chi connectivity index (χ0n) is 10.4. The first kappa shape index (κ1) is 12.0. The maximum Gasteiger partial charge on any atom is 0.186 e. The number of hydrogen-bond acceptors (Lipinski definition) is 5. The van der Waals surface area contributed by atoms with Gasteiger partial charge in [0.1, 0.15) is 12.1 Å². The first-order chi connectivity index (χ1) is 9.24. The smallest absolute Gasteiger partial charge is 0.186 e. The minimum atomic E-state index is 0.577. The fourth-order valence-corrected chi connectivity index (χ4v) is 2.72. The molecule has 6 heteroatoms. The molecule has 3 rings (SSSR count). The highest BCUT2D eigenvalue weighted by atomic mass is 32.2. The molecule has 0 aliphatic heterocycles. The highest BCUT2D eigenvalue weighted by molar-refractivity contribution is 7.98. The van der Waals surface area contributed by atoms with Crippen LogP contribution in [0.4, 0.5) is 5.82 Å². The van der Waals surface area contributed by atoms with E-state index in [4.69, 9.17) is 5.73 Å². The first-order valence-electron chi connectivity index (χ1n) is 5.85. The number of fused-ring (bicyclic) bond motifs is 1. The van der Waals surface area contributed by atoms with E-state index >= 15 is 0 Å². The van der Waals surface area contributed by atoms with Gasteiger partial charge in [0.2, 0.25) is 0 Å². The molecule has 1 aromatic carbocycles. The van der Waals surface area contributed by atoms with Gasteiger partial charge in [-0.05, 0) is 12.1 Å². The summed E-state index contributed by atoms with van der Waals surface area (Å²) >= 11 is 1.60. The minimum Gasteiger partial charge on any atom is -0.383 e. The van der Waals surface area contributed by atoms with Crippen LogP contribution in [0.25, 0.3) is 10.9 Å². The molecule has 0 spiro atoms.